The Labute approximate surface area is 219 Å². The van der Waals surface area contributed by atoms with Crippen molar-refractivity contribution in [3.63, 3.8) is 0 Å². The van der Waals surface area contributed by atoms with Crippen LogP contribution >= 0.6 is 0 Å². The molecule has 8 heavy (non-hydrogen) atoms. The van der Waals surface area contributed by atoms with Gasteiger partial charge in [-0.3, -0.25) is 7.32 Å². The largest absolute Gasteiger partial charge is 1.00 e. The maximum absolute atomic E-state index is 8.42. The molecule has 0 spiro atoms. The van der Waals surface area contributed by atoms with E-state index in [4.69, 9.17) is 15.1 Å². The molecule has 0 rings (SSSR count). The van der Waals surface area contributed by atoms with Gasteiger partial charge in [0.15, 0.2) is 0 Å². The minimum Gasteiger partial charge on any atom is -0.907 e. The topological polar surface area (TPSA) is 69.2 Å². The maximum atomic E-state index is 8.42. The minimum atomic E-state index is -2.92. The summed E-state index contributed by atoms with van der Waals surface area (Å²) < 4.78 is 0. The Kier molecular flexibility index (Phi) is 85.5. The summed E-state index contributed by atoms with van der Waals surface area (Å²) in [4.78, 5) is 0. The zero-order valence-electron chi connectivity index (χ0n) is 5.80. The molecule has 0 aliphatic carbocycles. The Morgan fingerprint density at radius 2 is 0.625 bits per heavy atom. The molecule has 24 valence electrons. The van der Waals surface area contributed by atoms with Gasteiger partial charge in [0.2, 0.25) is 0 Å². The molecular formula is BK4O3+. The van der Waals surface area contributed by atoms with Crippen LogP contribution in [0.5, 0.6) is 0 Å². The van der Waals surface area contributed by atoms with Gasteiger partial charge in [0.1, 0.15) is 0 Å². The van der Waals surface area contributed by atoms with E-state index in [1.165, 1.54) is 0 Å². The number of hydrogen-bond acceptors (Lipinski definition) is 3. The molecule has 0 unspecified atom stereocenters. The number of hydrogen-bond donors (Lipinski definition) is 0. The standard InChI is InChI=1S/BO3.4K/c2-1(3)4;;;;/q-3;4*+1. The number of rotatable bonds is 0. The van der Waals surface area contributed by atoms with E-state index < -0.39 is 7.32 Å². The van der Waals surface area contributed by atoms with Gasteiger partial charge in [0, 0.05) is 0 Å². The van der Waals surface area contributed by atoms with Crippen molar-refractivity contribution >= 4 is 7.32 Å². The average molecular weight is 215 g/mol. The van der Waals surface area contributed by atoms with Crippen molar-refractivity contribution in [1.82, 2.24) is 0 Å². The summed E-state index contributed by atoms with van der Waals surface area (Å²) in [6, 6.07) is 0. The third-order valence-electron chi connectivity index (χ3n) is 0. The summed E-state index contributed by atoms with van der Waals surface area (Å²) in [7, 11) is -2.92. The van der Waals surface area contributed by atoms with Crippen molar-refractivity contribution in [2.24, 2.45) is 0 Å². The summed E-state index contributed by atoms with van der Waals surface area (Å²) >= 11 is 0. The molecule has 0 heterocycles. The van der Waals surface area contributed by atoms with Crippen LogP contribution in [0.25, 0.3) is 0 Å². The predicted octanol–water partition coefficient (Wildman–Crippen LogP) is -15.9. The molecule has 0 aromatic carbocycles. The van der Waals surface area contributed by atoms with Crippen LogP contribution in [0.2, 0.25) is 0 Å². The second-order valence-corrected chi connectivity index (χ2v) is 0.289. The first-order chi connectivity index (χ1) is 1.73. The fourth-order valence-electron chi connectivity index (χ4n) is 0. The zero-order chi connectivity index (χ0) is 3.58. The minimum absolute atomic E-state index is 0. The quantitative estimate of drug-likeness (QED) is 0.377. The molecule has 8 heteroatoms. The molecule has 0 fully saturated rings. The van der Waals surface area contributed by atoms with Crippen LogP contribution in [-0.2, 0) is 0 Å². The third-order valence-corrected chi connectivity index (χ3v) is 0. The van der Waals surface area contributed by atoms with Gasteiger partial charge in [0.05, 0.1) is 0 Å². The van der Waals surface area contributed by atoms with Crippen molar-refractivity contribution in [1.29, 1.82) is 0 Å². The Balaban J connectivity index is -0.00000000750. The van der Waals surface area contributed by atoms with E-state index >= 15 is 0 Å². The molecule has 0 saturated heterocycles. The van der Waals surface area contributed by atoms with E-state index in [0.717, 1.165) is 0 Å². The molecule has 0 radical (unpaired) electrons. The Hall–Kier alpha value is 6.49. The second kappa shape index (κ2) is 23.4. The van der Waals surface area contributed by atoms with Gasteiger partial charge in [0.25, 0.3) is 0 Å². The van der Waals surface area contributed by atoms with Crippen LogP contribution < -0.4 is 221 Å². The van der Waals surface area contributed by atoms with Crippen molar-refractivity contribution < 1.29 is 221 Å². The molecule has 0 N–H and O–H groups in total. The van der Waals surface area contributed by atoms with Crippen LogP contribution in [0.4, 0.5) is 0 Å². The first kappa shape index (κ1) is 29.3. The van der Waals surface area contributed by atoms with Crippen LogP contribution in [0.3, 0.4) is 0 Å². The molecule has 0 aromatic heterocycles. The van der Waals surface area contributed by atoms with Gasteiger partial charge in [-0.1, -0.05) is 0 Å². The summed E-state index contributed by atoms with van der Waals surface area (Å²) in [5, 5.41) is 25.2. The molecule has 0 bridgehead atoms. The Morgan fingerprint density at radius 1 is 0.625 bits per heavy atom. The summed E-state index contributed by atoms with van der Waals surface area (Å²) in [6.45, 7) is 0. The van der Waals surface area contributed by atoms with Gasteiger partial charge < -0.3 is 15.1 Å². The van der Waals surface area contributed by atoms with E-state index in [0.29, 0.717) is 0 Å². The van der Waals surface area contributed by atoms with E-state index in [9.17, 15) is 0 Å². The van der Waals surface area contributed by atoms with E-state index in [1.807, 2.05) is 0 Å². The monoisotopic (exact) mass is 215 g/mol. The second-order valence-electron chi connectivity index (χ2n) is 0.289. The fourth-order valence-corrected chi connectivity index (χ4v) is 0. The van der Waals surface area contributed by atoms with Crippen LogP contribution in [0, 0.1) is 0 Å². The molecule has 0 aromatic rings. The van der Waals surface area contributed by atoms with Crippen molar-refractivity contribution in [3.8, 4) is 0 Å². The molecule has 3 nitrogen and oxygen atoms in total. The molecule has 0 aliphatic rings. The first-order valence-electron chi connectivity index (χ1n) is 0.707. The Bertz CT molecular complexity index is 16.0. The molecule has 0 amide bonds. The molecular weight excluding hydrogens is 215 g/mol. The van der Waals surface area contributed by atoms with Crippen molar-refractivity contribution in [2.75, 3.05) is 0 Å². The molecule has 0 saturated carbocycles. The predicted molar refractivity (Wildman–Crippen MR) is 5.75 cm³/mol. The van der Waals surface area contributed by atoms with Gasteiger partial charge in [-0.2, -0.15) is 0 Å². The van der Waals surface area contributed by atoms with Crippen LogP contribution in [0.15, 0.2) is 0 Å². The van der Waals surface area contributed by atoms with E-state index in [1.54, 1.807) is 0 Å². The van der Waals surface area contributed by atoms with E-state index in [2.05, 4.69) is 0 Å². The van der Waals surface area contributed by atoms with Crippen molar-refractivity contribution in [3.05, 3.63) is 0 Å². The molecule has 0 aliphatic heterocycles. The van der Waals surface area contributed by atoms with Crippen molar-refractivity contribution in [2.45, 2.75) is 0 Å². The fraction of sp³-hybridized carbons (Fsp3) is 0. The smallest absolute Gasteiger partial charge is 0.907 e. The normalized spacial score (nSPS) is 3.38. The zero-order valence-corrected chi connectivity index (χ0v) is 18.3. The SMILES string of the molecule is [K+].[K+].[K+].[K+].[O-]B([O-])[O-]. The average Bonchev–Trinajstić information content (AvgIpc) is 0.811. The third kappa shape index (κ3) is 39.1. The van der Waals surface area contributed by atoms with E-state index in [-0.39, 0.29) is 206 Å². The van der Waals surface area contributed by atoms with Crippen LogP contribution in [-0.4, -0.2) is 7.32 Å². The first-order valence-corrected chi connectivity index (χ1v) is 0.707. The van der Waals surface area contributed by atoms with Gasteiger partial charge in [-0.25, -0.2) is 0 Å². The summed E-state index contributed by atoms with van der Waals surface area (Å²) in [5.41, 5.74) is 0. The van der Waals surface area contributed by atoms with Gasteiger partial charge in [-0.15, -0.1) is 0 Å². The molecule has 0 atom stereocenters. The summed E-state index contributed by atoms with van der Waals surface area (Å²) in [5.74, 6) is 0. The summed E-state index contributed by atoms with van der Waals surface area (Å²) in [6.07, 6.45) is 0. The maximum Gasteiger partial charge on any atom is 1.00 e. The Morgan fingerprint density at radius 3 is 0.625 bits per heavy atom. The van der Waals surface area contributed by atoms with Crippen LogP contribution in [0.1, 0.15) is 0 Å². The van der Waals surface area contributed by atoms with Gasteiger partial charge in [-0.05, 0) is 0 Å². The van der Waals surface area contributed by atoms with Gasteiger partial charge >= 0.3 is 206 Å².